The minimum Gasteiger partial charge on any atom is -0.478 e. The van der Waals surface area contributed by atoms with Gasteiger partial charge in [-0.05, 0) is 93.8 Å². The van der Waals surface area contributed by atoms with Crippen molar-refractivity contribution in [1.82, 2.24) is 19.7 Å². The van der Waals surface area contributed by atoms with Gasteiger partial charge in [0.25, 0.3) is 5.91 Å². The number of nitrogens with zero attached hydrogens (tertiary/aromatic N) is 2. The molecule has 1 aliphatic rings. The zero-order valence-electron chi connectivity index (χ0n) is 21.0. The fourth-order valence-corrected chi connectivity index (χ4v) is 6.33. The smallest absolute Gasteiger partial charge is 0.336 e. The van der Waals surface area contributed by atoms with Gasteiger partial charge in [0.2, 0.25) is 10.0 Å². The van der Waals surface area contributed by atoms with Crippen LogP contribution in [0, 0.1) is 5.82 Å². The van der Waals surface area contributed by atoms with Crippen LogP contribution in [-0.4, -0.2) is 42.1 Å². The molecule has 1 fully saturated rings. The zero-order valence-corrected chi connectivity index (χ0v) is 24.2. The number of hydrogen-bond acceptors (Lipinski definition) is 5. The largest absolute Gasteiger partial charge is 0.478 e. The molecule has 4 aromatic rings. The Balaban J connectivity index is 1.50. The lowest BCUT2D eigenvalue weighted by molar-refractivity contribution is 0.0695. The molecule has 0 unspecified atom stereocenters. The van der Waals surface area contributed by atoms with Crippen molar-refractivity contribution in [1.29, 1.82) is 0 Å². The third-order valence-electron chi connectivity index (χ3n) is 6.64. The number of pyridine rings is 1. The van der Waals surface area contributed by atoms with Gasteiger partial charge in [-0.15, -0.1) is 0 Å². The Kier molecular flexibility index (Phi) is 7.71. The average molecular weight is 650 g/mol. The molecule has 0 radical (unpaired) electrons. The fourth-order valence-electron chi connectivity index (χ4n) is 4.55. The number of aromatic nitrogens is 2. The van der Waals surface area contributed by atoms with E-state index >= 15 is 0 Å². The van der Waals surface area contributed by atoms with Gasteiger partial charge in [0.15, 0.2) is 0 Å². The Morgan fingerprint density at radius 2 is 1.90 bits per heavy atom. The Labute approximate surface area is 242 Å². The van der Waals surface area contributed by atoms with Gasteiger partial charge in [0.1, 0.15) is 11.5 Å². The van der Waals surface area contributed by atoms with E-state index in [0.717, 1.165) is 18.4 Å². The molecule has 2 aromatic carbocycles. The minimum atomic E-state index is -3.88. The number of nitrogens with one attached hydrogen (secondary N) is 2. The Hall–Kier alpha value is -3.32. The number of benzene rings is 2. The molecule has 0 aliphatic heterocycles. The highest BCUT2D eigenvalue weighted by Gasteiger charge is 2.30. The van der Waals surface area contributed by atoms with Gasteiger partial charge in [-0.25, -0.2) is 26.8 Å². The number of fused-ring (bicyclic) bond motifs is 1. The third-order valence-corrected chi connectivity index (χ3v) is 9.29. The molecule has 0 saturated heterocycles. The molecule has 1 aliphatic carbocycles. The van der Waals surface area contributed by atoms with E-state index < -0.39 is 21.8 Å². The molecular weight excluding hydrogens is 627 g/mol. The van der Waals surface area contributed by atoms with E-state index in [4.69, 9.17) is 11.6 Å². The van der Waals surface area contributed by atoms with E-state index in [1.54, 1.807) is 12.3 Å². The summed E-state index contributed by atoms with van der Waals surface area (Å²) in [4.78, 5) is 24.4. The van der Waals surface area contributed by atoms with Gasteiger partial charge in [-0.3, -0.25) is 4.79 Å². The van der Waals surface area contributed by atoms with Crippen LogP contribution in [0.1, 0.15) is 56.2 Å². The maximum absolute atomic E-state index is 13.6. The summed E-state index contributed by atoms with van der Waals surface area (Å²) < 4.78 is 44.1. The van der Waals surface area contributed by atoms with Crippen LogP contribution in [0.15, 0.2) is 53.1 Å². The number of sulfonamides is 1. The second-order valence-electron chi connectivity index (χ2n) is 9.49. The highest BCUT2D eigenvalue weighted by molar-refractivity contribution is 9.10. The number of carbonyl (C=O) groups is 2. The first-order valence-electron chi connectivity index (χ1n) is 12.2. The number of carboxylic acid groups (broad SMARTS) is 1. The first-order valence-corrected chi connectivity index (χ1v) is 15.0. The molecule has 9 nitrogen and oxygen atoms in total. The molecule has 0 bridgehead atoms. The van der Waals surface area contributed by atoms with Crippen molar-refractivity contribution < 1.29 is 27.5 Å². The number of hydrogen-bond donors (Lipinski definition) is 3. The zero-order chi connectivity index (χ0) is 28.8. The second kappa shape index (κ2) is 10.9. The molecule has 2 aromatic heterocycles. The summed E-state index contributed by atoms with van der Waals surface area (Å²) in [5, 5.41) is 16.7. The van der Waals surface area contributed by atoms with E-state index in [9.17, 15) is 27.5 Å². The maximum atomic E-state index is 13.6. The molecule has 40 heavy (non-hydrogen) atoms. The Morgan fingerprint density at radius 1 is 1.20 bits per heavy atom. The molecule has 3 N–H and O–H groups in total. The molecule has 208 valence electrons. The molecular formula is C27H23BrClFN4O5S. The van der Waals surface area contributed by atoms with Crippen LogP contribution in [0.3, 0.4) is 0 Å². The van der Waals surface area contributed by atoms with E-state index in [0.29, 0.717) is 33.5 Å². The molecule has 1 amide bonds. The Morgan fingerprint density at radius 3 is 2.52 bits per heavy atom. The van der Waals surface area contributed by atoms with Gasteiger partial charge in [-0.2, -0.15) is 5.10 Å². The molecule has 2 heterocycles. The average Bonchev–Trinajstić information content (AvgIpc) is 3.69. The van der Waals surface area contributed by atoms with Crippen molar-refractivity contribution in [2.24, 2.45) is 0 Å². The molecule has 5 rings (SSSR count). The summed E-state index contributed by atoms with van der Waals surface area (Å²) in [6, 6.07) is 10.3. The number of rotatable bonds is 9. The summed E-state index contributed by atoms with van der Waals surface area (Å²) in [6.07, 6.45) is 3.39. The SMILES string of the molecule is CNC(=O)c1c(-c2ccc(F)cc2)nn2cc(CS(=O)(=O)NCc3cc(Cl)c(Br)c(C(=O)O)c3)c(C3CC3)cc12. The van der Waals surface area contributed by atoms with Crippen LogP contribution in [0.4, 0.5) is 4.39 Å². The lowest BCUT2D eigenvalue weighted by atomic mass is 10.0. The maximum Gasteiger partial charge on any atom is 0.336 e. The van der Waals surface area contributed by atoms with Gasteiger partial charge >= 0.3 is 5.97 Å². The number of carboxylic acids is 1. The normalized spacial score (nSPS) is 13.5. The van der Waals surface area contributed by atoms with E-state index in [1.807, 2.05) is 0 Å². The topological polar surface area (TPSA) is 130 Å². The van der Waals surface area contributed by atoms with Crippen LogP contribution >= 0.6 is 27.5 Å². The fraction of sp³-hybridized carbons (Fsp3) is 0.222. The quantitative estimate of drug-likeness (QED) is 0.231. The summed E-state index contributed by atoms with van der Waals surface area (Å²) in [5.41, 5.74) is 3.36. The monoisotopic (exact) mass is 648 g/mol. The van der Waals surface area contributed by atoms with Crippen LogP contribution < -0.4 is 10.0 Å². The van der Waals surface area contributed by atoms with Crippen molar-refractivity contribution in [3.05, 3.63) is 91.8 Å². The van der Waals surface area contributed by atoms with Crippen LogP contribution in [0.25, 0.3) is 16.8 Å². The van der Waals surface area contributed by atoms with Crippen molar-refractivity contribution in [3.8, 4) is 11.3 Å². The van der Waals surface area contributed by atoms with Crippen molar-refractivity contribution >= 4 is 54.9 Å². The number of aromatic carboxylic acids is 1. The predicted molar refractivity (Wildman–Crippen MR) is 152 cm³/mol. The molecule has 0 spiro atoms. The standard InChI is InChI=1S/C27H23BrClFN4O5S/c1-31-26(35)23-22-10-19(15-2-3-15)17(12-34(22)33-25(23)16-4-6-18(30)7-5-16)13-40(38,39)32-11-14-8-20(27(36)37)24(28)21(29)9-14/h4-10,12,15,32H,2-3,11,13H2,1H3,(H,31,35)(H,36,37). The molecule has 0 atom stereocenters. The minimum absolute atomic E-state index is 0.0780. The summed E-state index contributed by atoms with van der Waals surface area (Å²) in [5.74, 6) is -2.19. The van der Waals surface area contributed by atoms with Crippen molar-refractivity contribution in [2.75, 3.05) is 7.05 Å². The van der Waals surface area contributed by atoms with Gasteiger partial charge in [0, 0.05) is 25.4 Å². The van der Waals surface area contributed by atoms with E-state index in [-0.39, 0.29) is 39.2 Å². The van der Waals surface area contributed by atoms with Gasteiger partial charge in [-0.1, -0.05) is 11.6 Å². The van der Waals surface area contributed by atoms with Crippen LogP contribution in [0.5, 0.6) is 0 Å². The number of amides is 1. The van der Waals surface area contributed by atoms with Crippen LogP contribution in [0.2, 0.25) is 5.02 Å². The first kappa shape index (κ1) is 28.2. The Bertz CT molecular complexity index is 1770. The highest BCUT2D eigenvalue weighted by atomic mass is 79.9. The summed E-state index contributed by atoms with van der Waals surface area (Å²) >= 11 is 9.25. The van der Waals surface area contributed by atoms with Crippen molar-refractivity contribution in [3.63, 3.8) is 0 Å². The van der Waals surface area contributed by atoms with Gasteiger partial charge in [0.05, 0.1) is 31.9 Å². The second-order valence-corrected chi connectivity index (χ2v) is 12.5. The van der Waals surface area contributed by atoms with Crippen molar-refractivity contribution in [2.45, 2.75) is 31.1 Å². The molecule has 1 saturated carbocycles. The number of halogens is 3. The molecule has 13 heteroatoms. The third kappa shape index (κ3) is 5.75. The summed E-state index contributed by atoms with van der Waals surface area (Å²) in [6.45, 7) is -0.159. The first-order chi connectivity index (χ1) is 19.0. The predicted octanol–water partition coefficient (Wildman–Crippen LogP) is 5.11. The highest BCUT2D eigenvalue weighted by Crippen LogP contribution is 2.43. The van der Waals surface area contributed by atoms with Crippen LogP contribution in [-0.2, 0) is 22.3 Å². The van der Waals surface area contributed by atoms with Gasteiger partial charge < -0.3 is 10.4 Å². The van der Waals surface area contributed by atoms with E-state index in [2.05, 4.69) is 31.1 Å². The van der Waals surface area contributed by atoms with E-state index in [1.165, 1.54) is 48.0 Å². The number of carbonyl (C=O) groups excluding carboxylic acids is 1. The summed E-state index contributed by atoms with van der Waals surface area (Å²) in [7, 11) is -2.37. The lowest BCUT2D eigenvalue weighted by Gasteiger charge is -2.13. The lowest BCUT2D eigenvalue weighted by Crippen LogP contribution is -2.25.